The molecule has 1 aliphatic carbocycles. The lowest BCUT2D eigenvalue weighted by atomic mass is 9.69. The maximum Gasteiger partial charge on any atom is 0.0837 e. The molecule has 2 nitrogen and oxygen atoms in total. The molecule has 4 atom stereocenters. The van der Waals surface area contributed by atoms with Crippen molar-refractivity contribution in [3.05, 3.63) is 0 Å². The highest BCUT2D eigenvalue weighted by atomic mass is 79.9. The molecule has 1 heterocycles. The monoisotopic (exact) mass is 290 g/mol. The largest absolute Gasteiger partial charge is 0.390 e. The van der Waals surface area contributed by atoms with Gasteiger partial charge in [-0.1, -0.05) is 29.8 Å². The van der Waals surface area contributed by atoms with Crippen molar-refractivity contribution >= 4 is 15.9 Å². The predicted octanol–water partition coefficient (Wildman–Crippen LogP) is 2.97. The van der Waals surface area contributed by atoms with Crippen molar-refractivity contribution in [2.24, 2.45) is 17.8 Å². The van der Waals surface area contributed by atoms with Crippen molar-refractivity contribution in [3.8, 4) is 0 Å². The molecule has 2 rings (SSSR count). The number of alkyl halides is 1. The topological polar surface area (TPSA) is 29.5 Å². The van der Waals surface area contributed by atoms with E-state index in [2.05, 4.69) is 29.8 Å². The standard InChI is InChI=1S/C13H23BrO2/c1-8-6-10(14)7-9(2)12(8)13(15)11-4-3-5-16-11/h8-13,15H,3-7H2,1-2H3. The van der Waals surface area contributed by atoms with Crippen LogP contribution < -0.4 is 0 Å². The van der Waals surface area contributed by atoms with Crippen molar-refractivity contribution in [3.63, 3.8) is 0 Å². The summed E-state index contributed by atoms with van der Waals surface area (Å²) in [7, 11) is 0. The Morgan fingerprint density at radius 1 is 1.25 bits per heavy atom. The Kier molecular flexibility index (Phi) is 4.31. The summed E-state index contributed by atoms with van der Waals surface area (Å²) in [5.41, 5.74) is 0. The lowest BCUT2D eigenvalue weighted by molar-refractivity contribution is -0.0678. The van der Waals surface area contributed by atoms with Gasteiger partial charge < -0.3 is 9.84 Å². The van der Waals surface area contributed by atoms with E-state index >= 15 is 0 Å². The third-order valence-electron chi connectivity index (χ3n) is 4.31. The average molecular weight is 291 g/mol. The van der Waals surface area contributed by atoms with E-state index in [0.717, 1.165) is 19.4 Å². The van der Waals surface area contributed by atoms with Gasteiger partial charge >= 0.3 is 0 Å². The Hall–Kier alpha value is 0.400. The predicted molar refractivity (Wildman–Crippen MR) is 68.7 cm³/mol. The zero-order valence-corrected chi connectivity index (χ0v) is 11.8. The van der Waals surface area contributed by atoms with Crippen LogP contribution in [0.3, 0.4) is 0 Å². The third kappa shape index (κ3) is 2.62. The van der Waals surface area contributed by atoms with Gasteiger partial charge in [0, 0.05) is 11.4 Å². The van der Waals surface area contributed by atoms with E-state index in [1.54, 1.807) is 0 Å². The van der Waals surface area contributed by atoms with E-state index in [0.29, 0.717) is 22.6 Å². The van der Waals surface area contributed by atoms with Gasteiger partial charge in [0.1, 0.15) is 0 Å². The Morgan fingerprint density at radius 3 is 2.38 bits per heavy atom. The minimum Gasteiger partial charge on any atom is -0.390 e. The number of aliphatic hydroxyl groups excluding tert-OH is 1. The van der Waals surface area contributed by atoms with Gasteiger partial charge in [-0.3, -0.25) is 0 Å². The van der Waals surface area contributed by atoms with Crippen LogP contribution in [0.1, 0.15) is 39.5 Å². The van der Waals surface area contributed by atoms with Crippen molar-refractivity contribution in [2.45, 2.75) is 56.6 Å². The fourth-order valence-electron chi connectivity index (χ4n) is 3.57. The van der Waals surface area contributed by atoms with Crippen LogP contribution in [0.2, 0.25) is 0 Å². The quantitative estimate of drug-likeness (QED) is 0.793. The molecule has 0 amide bonds. The number of aliphatic hydroxyl groups is 1. The van der Waals surface area contributed by atoms with E-state index in [-0.39, 0.29) is 12.2 Å². The smallest absolute Gasteiger partial charge is 0.0837 e. The fourth-order valence-corrected chi connectivity index (χ4v) is 4.75. The van der Waals surface area contributed by atoms with Gasteiger partial charge in [-0.05, 0) is 43.4 Å². The summed E-state index contributed by atoms with van der Waals surface area (Å²) >= 11 is 3.72. The number of halogens is 1. The first kappa shape index (κ1) is 12.8. The highest BCUT2D eigenvalue weighted by Crippen LogP contribution is 2.41. The highest BCUT2D eigenvalue weighted by Gasteiger charge is 2.40. The van der Waals surface area contributed by atoms with E-state index in [1.807, 2.05) is 0 Å². The molecule has 1 saturated heterocycles. The molecule has 3 heteroatoms. The molecule has 2 aliphatic rings. The minimum absolute atomic E-state index is 0.0989. The molecule has 4 unspecified atom stereocenters. The number of rotatable bonds is 2. The lowest BCUT2D eigenvalue weighted by Gasteiger charge is -2.41. The van der Waals surface area contributed by atoms with E-state index in [1.165, 1.54) is 12.8 Å². The van der Waals surface area contributed by atoms with Crippen LogP contribution in [0.25, 0.3) is 0 Å². The van der Waals surface area contributed by atoms with Crippen LogP contribution in [-0.4, -0.2) is 28.7 Å². The molecular weight excluding hydrogens is 268 g/mol. The SMILES string of the molecule is CC1CC(Br)CC(C)C1C(O)C1CCCO1. The summed E-state index contributed by atoms with van der Waals surface area (Å²) in [6.45, 7) is 5.37. The Morgan fingerprint density at radius 2 is 1.88 bits per heavy atom. The van der Waals surface area contributed by atoms with E-state index in [4.69, 9.17) is 4.74 Å². The molecule has 0 spiro atoms. The molecule has 0 radical (unpaired) electrons. The normalized spacial score (nSPS) is 46.9. The van der Waals surface area contributed by atoms with Crippen LogP contribution >= 0.6 is 15.9 Å². The summed E-state index contributed by atoms with van der Waals surface area (Å²) in [4.78, 5) is 0.630. The van der Waals surface area contributed by atoms with Crippen LogP contribution in [0, 0.1) is 17.8 Å². The Balaban J connectivity index is 2.00. The van der Waals surface area contributed by atoms with Gasteiger partial charge in [-0.15, -0.1) is 0 Å². The van der Waals surface area contributed by atoms with Crippen LogP contribution in [0.5, 0.6) is 0 Å². The van der Waals surface area contributed by atoms with Gasteiger partial charge in [-0.2, -0.15) is 0 Å². The van der Waals surface area contributed by atoms with Crippen LogP contribution in [0.15, 0.2) is 0 Å². The molecule has 0 aromatic rings. The molecule has 0 bridgehead atoms. The summed E-state index contributed by atoms with van der Waals surface area (Å²) < 4.78 is 5.63. The van der Waals surface area contributed by atoms with Crippen LogP contribution in [0.4, 0.5) is 0 Å². The number of ether oxygens (including phenoxy) is 1. The van der Waals surface area contributed by atoms with Crippen LogP contribution in [-0.2, 0) is 4.74 Å². The Bertz CT molecular complexity index is 216. The summed E-state index contributed by atoms with van der Waals surface area (Å²) in [6.07, 6.45) is 4.35. The number of hydrogen-bond donors (Lipinski definition) is 1. The first-order valence-corrected chi connectivity index (χ1v) is 7.45. The molecule has 94 valence electrons. The van der Waals surface area contributed by atoms with Gasteiger partial charge in [0.25, 0.3) is 0 Å². The summed E-state index contributed by atoms with van der Waals surface area (Å²) in [6, 6.07) is 0. The van der Waals surface area contributed by atoms with Crippen molar-refractivity contribution < 1.29 is 9.84 Å². The number of hydrogen-bond acceptors (Lipinski definition) is 2. The summed E-state index contributed by atoms with van der Waals surface area (Å²) in [5, 5.41) is 10.5. The zero-order chi connectivity index (χ0) is 11.7. The van der Waals surface area contributed by atoms with Gasteiger partial charge in [0.15, 0.2) is 0 Å². The van der Waals surface area contributed by atoms with E-state index < -0.39 is 0 Å². The second kappa shape index (κ2) is 5.36. The molecule has 0 aromatic heterocycles. The zero-order valence-electron chi connectivity index (χ0n) is 10.2. The molecular formula is C13H23BrO2. The van der Waals surface area contributed by atoms with Crippen molar-refractivity contribution in [1.82, 2.24) is 0 Å². The summed E-state index contributed by atoms with van der Waals surface area (Å²) in [5.74, 6) is 1.59. The second-order valence-electron chi connectivity index (χ2n) is 5.64. The highest BCUT2D eigenvalue weighted by molar-refractivity contribution is 9.09. The van der Waals surface area contributed by atoms with Gasteiger partial charge in [0.05, 0.1) is 12.2 Å². The first-order valence-electron chi connectivity index (χ1n) is 6.53. The molecule has 1 aliphatic heterocycles. The fraction of sp³-hybridized carbons (Fsp3) is 1.00. The van der Waals surface area contributed by atoms with Gasteiger partial charge in [0.2, 0.25) is 0 Å². The second-order valence-corrected chi connectivity index (χ2v) is 6.94. The molecule has 0 aromatic carbocycles. The van der Waals surface area contributed by atoms with Gasteiger partial charge in [-0.25, -0.2) is 0 Å². The maximum absolute atomic E-state index is 10.5. The Labute approximate surface area is 107 Å². The lowest BCUT2D eigenvalue weighted by Crippen LogP contribution is -2.43. The first-order chi connectivity index (χ1) is 7.59. The molecule has 1 saturated carbocycles. The average Bonchev–Trinajstić information content (AvgIpc) is 2.67. The molecule has 16 heavy (non-hydrogen) atoms. The van der Waals surface area contributed by atoms with Crippen molar-refractivity contribution in [1.29, 1.82) is 0 Å². The maximum atomic E-state index is 10.5. The molecule has 1 N–H and O–H groups in total. The van der Waals surface area contributed by atoms with E-state index in [9.17, 15) is 5.11 Å². The van der Waals surface area contributed by atoms with Crippen molar-refractivity contribution in [2.75, 3.05) is 6.61 Å². The third-order valence-corrected chi connectivity index (χ3v) is 5.06. The minimum atomic E-state index is -0.257. The molecule has 2 fully saturated rings.